The van der Waals surface area contributed by atoms with Gasteiger partial charge in [-0.3, -0.25) is 19.3 Å². The van der Waals surface area contributed by atoms with Crippen molar-refractivity contribution in [3.8, 4) is 0 Å². The maximum atomic E-state index is 11.8. The molecule has 0 saturated heterocycles. The Morgan fingerprint density at radius 1 is 0.714 bits per heavy atom. The van der Waals surface area contributed by atoms with Crippen LogP contribution in [-0.4, -0.2) is 102 Å². The van der Waals surface area contributed by atoms with Crippen LogP contribution < -0.4 is 16.0 Å². The molecule has 0 heterocycles. The Morgan fingerprint density at radius 2 is 1.18 bits per heavy atom. The Bertz CT molecular complexity index is 416. The van der Waals surface area contributed by atoms with Gasteiger partial charge < -0.3 is 30.2 Å². The van der Waals surface area contributed by atoms with E-state index in [2.05, 4.69) is 20.9 Å². The Morgan fingerprint density at radius 3 is 1.68 bits per heavy atom. The third-order valence-electron chi connectivity index (χ3n) is 3.54. The molecule has 0 aliphatic heterocycles. The van der Waals surface area contributed by atoms with Gasteiger partial charge >= 0.3 is 0 Å². The highest BCUT2D eigenvalue weighted by atomic mass is 16.5. The largest absolute Gasteiger partial charge is 0.379 e. The molecule has 0 aromatic heterocycles. The SMILES string of the molecule is CCOCCOCCOCC(=O)NCCN(CCNC(C)=O)CCNC(C)=O. The van der Waals surface area contributed by atoms with Crippen molar-refractivity contribution in [1.82, 2.24) is 20.9 Å². The minimum absolute atomic E-state index is 0.0212. The van der Waals surface area contributed by atoms with Crippen molar-refractivity contribution in [2.45, 2.75) is 20.8 Å². The maximum absolute atomic E-state index is 11.8. The number of ether oxygens (including phenoxy) is 3. The highest BCUT2D eigenvalue weighted by Gasteiger charge is 2.07. The van der Waals surface area contributed by atoms with Crippen molar-refractivity contribution in [1.29, 1.82) is 0 Å². The number of nitrogens with zero attached hydrogens (tertiary/aromatic N) is 1. The Balaban J connectivity index is 3.84. The summed E-state index contributed by atoms with van der Waals surface area (Å²) in [5.41, 5.74) is 0. The fourth-order valence-electron chi connectivity index (χ4n) is 2.17. The van der Waals surface area contributed by atoms with E-state index in [0.29, 0.717) is 72.3 Å². The minimum Gasteiger partial charge on any atom is -0.379 e. The second kappa shape index (κ2) is 18.6. The Labute approximate surface area is 167 Å². The van der Waals surface area contributed by atoms with Gasteiger partial charge in [-0.2, -0.15) is 0 Å². The molecule has 0 rings (SSSR count). The van der Waals surface area contributed by atoms with Gasteiger partial charge in [0.2, 0.25) is 17.7 Å². The number of carbonyl (C=O) groups excluding carboxylic acids is 3. The number of rotatable bonds is 18. The second-order valence-corrected chi connectivity index (χ2v) is 6.02. The second-order valence-electron chi connectivity index (χ2n) is 6.02. The molecule has 164 valence electrons. The fraction of sp³-hybridized carbons (Fsp3) is 0.833. The third kappa shape index (κ3) is 19.0. The van der Waals surface area contributed by atoms with Crippen molar-refractivity contribution >= 4 is 17.7 Å². The number of hydrogen-bond acceptors (Lipinski definition) is 7. The molecule has 0 bridgehead atoms. The third-order valence-corrected chi connectivity index (χ3v) is 3.54. The lowest BCUT2D eigenvalue weighted by Gasteiger charge is -2.22. The van der Waals surface area contributed by atoms with Crippen LogP contribution in [0.3, 0.4) is 0 Å². The molecule has 0 radical (unpaired) electrons. The van der Waals surface area contributed by atoms with E-state index in [4.69, 9.17) is 14.2 Å². The molecule has 0 fully saturated rings. The van der Waals surface area contributed by atoms with Crippen LogP contribution >= 0.6 is 0 Å². The lowest BCUT2D eigenvalue weighted by molar-refractivity contribution is -0.126. The number of carbonyl (C=O) groups is 3. The highest BCUT2D eigenvalue weighted by molar-refractivity contribution is 5.77. The topological polar surface area (TPSA) is 118 Å². The van der Waals surface area contributed by atoms with Crippen molar-refractivity contribution < 1.29 is 28.6 Å². The lowest BCUT2D eigenvalue weighted by atomic mass is 10.4. The summed E-state index contributed by atoms with van der Waals surface area (Å²) in [5.74, 6) is -0.374. The summed E-state index contributed by atoms with van der Waals surface area (Å²) in [4.78, 5) is 35.8. The standard InChI is InChI=1S/C18H36N4O6/c1-4-26-11-12-27-13-14-28-15-18(25)21-7-10-22(8-5-19-16(2)23)9-6-20-17(3)24/h4-15H2,1-3H3,(H,19,23)(H,20,24)(H,21,25). The van der Waals surface area contributed by atoms with Crippen LogP contribution in [0.2, 0.25) is 0 Å². The first-order valence-corrected chi connectivity index (χ1v) is 9.66. The lowest BCUT2D eigenvalue weighted by Crippen LogP contribution is -2.43. The van der Waals surface area contributed by atoms with Crippen molar-refractivity contribution in [3.63, 3.8) is 0 Å². The summed E-state index contributed by atoms with van der Waals surface area (Å²) in [6.45, 7) is 10.7. The normalized spacial score (nSPS) is 10.7. The maximum Gasteiger partial charge on any atom is 0.246 e. The van der Waals surface area contributed by atoms with Crippen molar-refractivity contribution in [2.75, 3.05) is 78.9 Å². The van der Waals surface area contributed by atoms with E-state index in [1.165, 1.54) is 13.8 Å². The molecule has 0 unspecified atom stereocenters. The first-order chi connectivity index (χ1) is 13.5. The van der Waals surface area contributed by atoms with E-state index in [1.807, 2.05) is 6.92 Å². The van der Waals surface area contributed by atoms with E-state index in [0.717, 1.165) is 0 Å². The van der Waals surface area contributed by atoms with Gasteiger partial charge in [0, 0.05) is 59.7 Å². The zero-order chi connectivity index (χ0) is 21.0. The van der Waals surface area contributed by atoms with Gasteiger partial charge in [0.1, 0.15) is 6.61 Å². The molecule has 3 N–H and O–H groups in total. The molecule has 28 heavy (non-hydrogen) atoms. The summed E-state index contributed by atoms with van der Waals surface area (Å²) in [7, 11) is 0. The van der Waals surface area contributed by atoms with Gasteiger partial charge in [-0.05, 0) is 6.92 Å². The van der Waals surface area contributed by atoms with Crippen LogP contribution in [0.5, 0.6) is 0 Å². The van der Waals surface area contributed by atoms with Gasteiger partial charge in [0.25, 0.3) is 0 Å². The zero-order valence-corrected chi connectivity index (χ0v) is 17.4. The Hall–Kier alpha value is -1.75. The van der Waals surface area contributed by atoms with E-state index in [-0.39, 0.29) is 24.3 Å². The molecule has 0 saturated carbocycles. The van der Waals surface area contributed by atoms with Crippen molar-refractivity contribution in [3.05, 3.63) is 0 Å². The minimum atomic E-state index is -0.196. The van der Waals surface area contributed by atoms with Crippen LogP contribution in [0.1, 0.15) is 20.8 Å². The molecule has 0 aliphatic rings. The fourth-order valence-corrected chi connectivity index (χ4v) is 2.17. The monoisotopic (exact) mass is 404 g/mol. The summed E-state index contributed by atoms with van der Waals surface area (Å²) < 4.78 is 15.7. The average molecular weight is 405 g/mol. The van der Waals surface area contributed by atoms with Gasteiger partial charge in [0.15, 0.2) is 0 Å². The molecular weight excluding hydrogens is 368 g/mol. The molecule has 0 spiro atoms. The van der Waals surface area contributed by atoms with E-state index in [9.17, 15) is 14.4 Å². The first-order valence-electron chi connectivity index (χ1n) is 9.66. The summed E-state index contributed by atoms with van der Waals surface area (Å²) in [6.07, 6.45) is 0. The number of nitrogens with one attached hydrogen (secondary N) is 3. The molecular formula is C18H36N4O6. The van der Waals surface area contributed by atoms with Crippen LogP contribution in [0, 0.1) is 0 Å². The predicted molar refractivity (Wildman–Crippen MR) is 105 cm³/mol. The highest BCUT2D eigenvalue weighted by Crippen LogP contribution is 1.87. The number of amides is 3. The summed E-state index contributed by atoms with van der Waals surface area (Å²) in [5, 5.41) is 8.26. The average Bonchev–Trinajstić information content (AvgIpc) is 2.63. The Kier molecular flexibility index (Phi) is 17.4. The molecule has 0 aromatic carbocycles. The van der Waals surface area contributed by atoms with Crippen LogP contribution in [-0.2, 0) is 28.6 Å². The molecule has 0 aliphatic carbocycles. The van der Waals surface area contributed by atoms with E-state index < -0.39 is 0 Å². The number of hydrogen-bond donors (Lipinski definition) is 3. The molecule has 3 amide bonds. The molecule has 0 aromatic rings. The van der Waals surface area contributed by atoms with Gasteiger partial charge in [-0.15, -0.1) is 0 Å². The zero-order valence-electron chi connectivity index (χ0n) is 17.4. The summed E-state index contributed by atoms with van der Waals surface area (Å²) in [6, 6.07) is 0. The predicted octanol–water partition coefficient (Wildman–Crippen LogP) is -1.25. The van der Waals surface area contributed by atoms with Crippen LogP contribution in [0.15, 0.2) is 0 Å². The van der Waals surface area contributed by atoms with Crippen LogP contribution in [0.4, 0.5) is 0 Å². The van der Waals surface area contributed by atoms with Gasteiger partial charge in [-0.1, -0.05) is 0 Å². The molecule has 10 heteroatoms. The molecule has 10 nitrogen and oxygen atoms in total. The molecule has 0 atom stereocenters. The van der Waals surface area contributed by atoms with E-state index in [1.54, 1.807) is 0 Å². The van der Waals surface area contributed by atoms with Crippen LogP contribution in [0.25, 0.3) is 0 Å². The summed E-state index contributed by atoms with van der Waals surface area (Å²) >= 11 is 0. The van der Waals surface area contributed by atoms with Crippen molar-refractivity contribution in [2.24, 2.45) is 0 Å². The van der Waals surface area contributed by atoms with Gasteiger partial charge in [0.05, 0.1) is 26.4 Å². The van der Waals surface area contributed by atoms with Gasteiger partial charge in [-0.25, -0.2) is 0 Å². The quantitative estimate of drug-likeness (QED) is 0.244. The van der Waals surface area contributed by atoms with E-state index >= 15 is 0 Å². The first kappa shape index (κ1) is 26.2. The smallest absolute Gasteiger partial charge is 0.246 e.